The smallest absolute Gasteiger partial charge is 0.323 e. The van der Waals surface area contributed by atoms with E-state index in [0.29, 0.717) is 12.3 Å². The van der Waals surface area contributed by atoms with Crippen molar-refractivity contribution in [3.8, 4) is 0 Å². The lowest BCUT2D eigenvalue weighted by atomic mass is 10.2. The van der Waals surface area contributed by atoms with Crippen LogP contribution in [-0.2, 0) is 9.59 Å². The maximum atomic E-state index is 11.7. The van der Waals surface area contributed by atoms with E-state index < -0.39 is 5.97 Å². The number of hydrogen-bond acceptors (Lipinski definition) is 2. The minimum atomic E-state index is -0.941. The van der Waals surface area contributed by atoms with Crippen LogP contribution in [0.1, 0.15) is 39.5 Å². The van der Waals surface area contributed by atoms with Gasteiger partial charge in [0.25, 0.3) is 0 Å². The fraction of sp³-hybridized carbons (Fsp3) is 0.818. The Morgan fingerprint density at radius 2 is 2.00 bits per heavy atom. The van der Waals surface area contributed by atoms with Crippen molar-refractivity contribution in [1.82, 2.24) is 4.90 Å². The molecule has 0 atom stereocenters. The SMILES string of the molecule is CC(C)N(CC(=O)O)C(=O)CCC1CC1. The third-order valence-electron chi connectivity index (χ3n) is 2.71. The van der Waals surface area contributed by atoms with Crippen LogP contribution in [0, 0.1) is 5.92 Å². The lowest BCUT2D eigenvalue weighted by Gasteiger charge is -2.24. The van der Waals surface area contributed by atoms with E-state index in [4.69, 9.17) is 5.11 Å². The summed E-state index contributed by atoms with van der Waals surface area (Å²) in [4.78, 5) is 23.7. The molecule has 1 amide bonds. The quantitative estimate of drug-likeness (QED) is 0.727. The van der Waals surface area contributed by atoms with E-state index in [-0.39, 0.29) is 18.5 Å². The largest absolute Gasteiger partial charge is 0.480 e. The molecule has 0 aromatic rings. The molecule has 0 aromatic heterocycles. The summed E-state index contributed by atoms with van der Waals surface area (Å²) < 4.78 is 0. The Balaban J connectivity index is 2.38. The molecule has 0 bridgehead atoms. The van der Waals surface area contributed by atoms with E-state index in [1.54, 1.807) is 0 Å². The average molecular weight is 213 g/mol. The van der Waals surface area contributed by atoms with Gasteiger partial charge in [-0.15, -0.1) is 0 Å². The van der Waals surface area contributed by atoms with Gasteiger partial charge in [0.15, 0.2) is 0 Å². The Labute approximate surface area is 90.3 Å². The van der Waals surface area contributed by atoms with Gasteiger partial charge in [-0.05, 0) is 26.2 Å². The molecule has 0 heterocycles. The number of hydrogen-bond donors (Lipinski definition) is 1. The zero-order chi connectivity index (χ0) is 11.4. The number of aliphatic carboxylic acids is 1. The second-order valence-electron chi connectivity index (χ2n) is 4.49. The lowest BCUT2D eigenvalue weighted by molar-refractivity contribution is -0.145. The average Bonchev–Trinajstić information content (AvgIpc) is 2.93. The zero-order valence-electron chi connectivity index (χ0n) is 9.40. The minimum Gasteiger partial charge on any atom is -0.480 e. The van der Waals surface area contributed by atoms with Crippen LogP contribution >= 0.6 is 0 Å². The number of rotatable bonds is 6. The Morgan fingerprint density at radius 1 is 1.40 bits per heavy atom. The van der Waals surface area contributed by atoms with Gasteiger partial charge < -0.3 is 10.0 Å². The van der Waals surface area contributed by atoms with Crippen molar-refractivity contribution in [1.29, 1.82) is 0 Å². The Hall–Kier alpha value is -1.06. The van der Waals surface area contributed by atoms with E-state index in [0.717, 1.165) is 6.42 Å². The van der Waals surface area contributed by atoms with Crippen molar-refractivity contribution in [3.63, 3.8) is 0 Å². The van der Waals surface area contributed by atoms with Gasteiger partial charge in [-0.2, -0.15) is 0 Å². The molecule has 0 saturated heterocycles. The van der Waals surface area contributed by atoms with Gasteiger partial charge in [-0.25, -0.2) is 0 Å². The Bertz CT molecular complexity index is 246. The van der Waals surface area contributed by atoms with Gasteiger partial charge in [0, 0.05) is 12.5 Å². The predicted octanol–water partition coefficient (Wildman–Crippen LogP) is 1.50. The maximum absolute atomic E-state index is 11.7. The van der Waals surface area contributed by atoms with Gasteiger partial charge in [-0.3, -0.25) is 9.59 Å². The molecule has 1 saturated carbocycles. The molecule has 4 nitrogen and oxygen atoms in total. The van der Waals surface area contributed by atoms with Crippen LogP contribution in [0.2, 0.25) is 0 Å². The molecule has 1 rings (SSSR count). The van der Waals surface area contributed by atoms with E-state index >= 15 is 0 Å². The van der Waals surface area contributed by atoms with Crippen LogP contribution in [0.15, 0.2) is 0 Å². The van der Waals surface area contributed by atoms with Gasteiger partial charge >= 0.3 is 5.97 Å². The third-order valence-corrected chi connectivity index (χ3v) is 2.71. The first-order valence-electron chi connectivity index (χ1n) is 5.52. The van der Waals surface area contributed by atoms with Gasteiger partial charge in [0.1, 0.15) is 6.54 Å². The van der Waals surface area contributed by atoms with Crippen LogP contribution in [0.4, 0.5) is 0 Å². The first kappa shape index (κ1) is 12.0. The summed E-state index contributed by atoms with van der Waals surface area (Å²) in [7, 11) is 0. The third kappa shape index (κ3) is 4.32. The second-order valence-corrected chi connectivity index (χ2v) is 4.49. The summed E-state index contributed by atoms with van der Waals surface area (Å²) >= 11 is 0. The van der Waals surface area contributed by atoms with Crippen LogP contribution in [0.3, 0.4) is 0 Å². The standard InChI is InChI=1S/C11H19NO3/c1-8(2)12(7-11(14)15)10(13)6-5-9-3-4-9/h8-9H,3-7H2,1-2H3,(H,14,15). The summed E-state index contributed by atoms with van der Waals surface area (Å²) in [6.45, 7) is 3.51. The molecule has 0 unspecified atom stereocenters. The molecule has 15 heavy (non-hydrogen) atoms. The highest BCUT2D eigenvalue weighted by atomic mass is 16.4. The second kappa shape index (κ2) is 5.14. The number of nitrogens with zero attached hydrogens (tertiary/aromatic N) is 1. The molecule has 4 heteroatoms. The molecule has 0 aromatic carbocycles. The molecule has 0 spiro atoms. The fourth-order valence-corrected chi connectivity index (χ4v) is 1.58. The van der Waals surface area contributed by atoms with Crippen LogP contribution in [0.5, 0.6) is 0 Å². The van der Waals surface area contributed by atoms with Gasteiger partial charge in [0.05, 0.1) is 0 Å². The summed E-state index contributed by atoms with van der Waals surface area (Å²) in [5, 5.41) is 8.68. The highest BCUT2D eigenvalue weighted by molar-refractivity contribution is 5.81. The van der Waals surface area contributed by atoms with Crippen LogP contribution < -0.4 is 0 Å². The van der Waals surface area contributed by atoms with Crippen molar-refractivity contribution < 1.29 is 14.7 Å². The van der Waals surface area contributed by atoms with Crippen molar-refractivity contribution >= 4 is 11.9 Å². The Morgan fingerprint density at radius 3 is 2.40 bits per heavy atom. The molecule has 1 fully saturated rings. The molecule has 1 aliphatic rings. The molecular weight excluding hydrogens is 194 g/mol. The number of carbonyl (C=O) groups is 2. The normalized spacial score (nSPS) is 15.4. The molecule has 1 N–H and O–H groups in total. The van der Waals surface area contributed by atoms with E-state index in [9.17, 15) is 9.59 Å². The van der Waals surface area contributed by atoms with Gasteiger partial charge in [-0.1, -0.05) is 12.8 Å². The fourth-order valence-electron chi connectivity index (χ4n) is 1.58. The number of carboxylic acid groups (broad SMARTS) is 1. The molecule has 1 aliphatic carbocycles. The monoisotopic (exact) mass is 213 g/mol. The van der Waals surface area contributed by atoms with Crippen molar-refractivity contribution in [2.45, 2.75) is 45.6 Å². The summed E-state index contributed by atoms with van der Waals surface area (Å²) in [6.07, 6.45) is 3.87. The lowest BCUT2D eigenvalue weighted by Crippen LogP contribution is -2.40. The Kier molecular flexibility index (Phi) is 4.12. The number of carbonyl (C=O) groups excluding carboxylic acids is 1. The van der Waals surface area contributed by atoms with Crippen LogP contribution in [0.25, 0.3) is 0 Å². The van der Waals surface area contributed by atoms with Crippen molar-refractivity contribution in [3.05, 3.63) is 0 Å². The number of carboxylic acids is 1. The first-order chi connectivity index (χ1) is 7.00. The van der Waals surface area contributed by atoms with E-state index in [1.807, 2.05) is 13.8 Å². The van der Waals surface area contributed by atoms with Crippen molar-refractivity contribution in [2.75, 3.05) is 6.54 Å². The summed E-state index contributed by atoms with van der Waals surface area (Å²) in [6, 6.07) is -0.0344. The van der Waals surface area contributed by atoms with Crippen LogP contribution in [-0.4, -0.2) is 34.5 Å². The molecular formula is C11H19NO3. The first-order valence-corrected chi connectivity index (χ1v) is 5.52. The topological polar surface area (TPSA) is 57.6 Å². The summed E-state index contributed by atoms with van der Waals surface area (Å²) in [5.41, 5.74) is 0. The highest BCUT2D eigenvalue weighted by Crippen LogP contribution is 2.33. The van der Waals surface area contributed by atoms with Gasteiger partial charge in [0.2, 0.25) is 5.91 Å². The molecule has 86 valence electrons. The highest BCUT2D eigenvalue weighted by Gasteiger charge is 2.25. The minimum absolute atomic E-state index is 0.0284. The van der Waals surface area contributed by atoms with E-state index in [1.165, 1.54) is 17.7 Å². The zero-order valence-corrected chi connectivity index (χ0v) is 9.40. The van der Waals surface area contributed by atoms with E-state index in [2.05, 4.69) is 0 Å². The predicted molar refractivity (Wildman–Crippen MR) is 56.4 cm³/mol. The number of amides is 1. The van der Waals surface area contributed by atoms with Crippen molar-refractivity contribution in [2.24, 2.45) is 5.92 Å². The molecule has 0 aliphatic heterocycles. The maximum Gasteiger partial charge on any atom is 0.323 e. The summed E-state index contributed by atoms with van der Waals surface area (Å²) in [5.74, 6) is -0.254. The molecule has 0 radical (unpaired) electrons.